The molecule has 0 aromatic carbocycles. The number of hydrogen-bond donors (Lipinski definition) is 2. The monoisotopic (exact) mass is 373 g/mol. The Morgan fingerprint density at radius 2 is 2.37 bits per heavy atom. The van der Waals surface area contributed by atoms with Crippen LogP contribution in [0.4, 0.5) is 0 Å². The number of aromatic amines is 1. The molecular weight excluding hydrogens is 357 g/mol. The van der Waals surface area contributed by atoms with Gasteiger partial charge in [0.05, 0.1) is 5.69 Å². The van der Waals surface area contributed by atoms with Crippen molar-refractivity contribution in [1.29, 1.82) is 5.26 Å². The number of rotatable bonds is 1. The molecule has 6 nitrogen and oxygen atoms in total. The van der Waals surface area contributed by atoms with E-state index in [0.29, 0.717) is 11.7 Å². The summed E-state index contributed by atoms with van der Waals surface area (Å²) in [6.07, 6.45) is 1.93. The van der Waals surface area contributed by atoms with Crippen LogP contribution in [0.5, 0.6) is 0 Å². The summed E-state index contributed by atoms with van der Waals surface area (Å²) in [5.41, 5.74) is 8.79. The summed E-state index contributed by atoms with van der Waals surface area (Å²) in [5, 5.41) is 16.0. The van der Waals surface area contributed by atoms with Crippen LogP contribution in [0.2, 0.25) is 0 Å². The topological polar surface area (TPSA) is 91.0 Å². The van der Waals surface area contributed by atoms with Crippen molar-refractivity contribution in [2.75, 3.05) is 6.61 Å². The van der Waals surface area contributed by atoms with Crippen LogP contribution in [0.15, 0.2) is 0 Å². The molecule has 19 heavy (non-hydrogen) atoms. The molecule has 3 N–H and O–H groups in total. The number of fused-ring (bicyclic) bond motifs is 1. The summed E-state index contributed by atoms with van der Waals surface area (Å²) < 4.78 is 5.77. The minimum absolute atomic E-state index is 0.0700. The summed E-state index contributed by atoms with van der Waals surface area (Å²) in [7, 11) is 0. The van der Waals surface area contributed by atoms with Gasteiger partial charge in [0.2, 0.25) is 0 Å². The Morgan fingerprint density at radius 1 is 1.53 bits per heavy atom. The van der Waals surface area contributed by atoms with E-state index in [4.69, 9.17) is 15.7 Å². The first-order valence-electron chi connectivity index (χ1n) is 6.40. The van der Waals surface area contributed by atoms with E-state index in [0.717, 1.165) is 43.8 Å². The first-order chi connectivity index (χ1) is 9.19. The van der Waals surface area contributed by atoms with Gasteiger partial charge in [-0.2, -0.15) is 10.4 Å². The molecule has 0 radical (unpaired) electrons. The van der Waals surface area contributed by atoms with Gasteiger partial charge in [-0.05, 0) is 35.4 Å². The van der Waals surface area contributed by atoms with Crippen LogP contribution in [0.3, 0.4) is 0 Å². The molecule has 2 aliphatic heterocycles. The van der Waals surface area contributed by atoms with Crippen molar-refractivity contribution in [2.45, 2.75) is 42.1 Å². The standard InChI is InChI=1S/C12H16IN5O/c13-12-9(15)3-7(1-2-19-12)18-5-8-10(4-14)16-17-11(8)6-18/h7,9,12H,1-3,5-6,15H2,(H,16,17)/t7-,9-,12-/m0/s1. The average Bonchev–Trinajstić information content (AvgIpc) is 2.92. The average molecular weight is 373 g/mol. The molecule has 1 fully saturated rings. The van der Waals surface area contributed by atoms with E-state index in [1.165, 1.54) is 0 Å². The highest BCUT2D eigenvalue weighted by molar-refractivity contribution is 14.1. The molecule has 0 saturated carbocycles. The molecule has 0 spiro atoms. The van der Waals surface area contributed by atoms with E-state index in [1.807, 2.05) is 0 Å². The number of nitrogens with one attached hydrogen (secondary N) is 1. The fourth-order valence-electron chi connectivity index (χ4n) is 2.83. The first kappa shape index (κ1) is 13.3. The number of aromatic nitrogens is 2. The minimum atomic E-state index is 0.0700. The Labute approximate surface area is 125 Å². The lowest BCUT2D eigenvalue weighted by atomic mass is 10.1. The van der Waals surface area contributed by atoms with Crippen molar-refractivity contribution < 1.29 is 4.74 Å². The highest BCUT2D eigenvalue weighted by Crippen LogP contribution is 2.30. The van der Waals surface area contributed by atoms with E-state index >= 15 is 0 Å². The zero-order chi connectivity index (χ0) is 13.4. The fourth-order valence-corrected chi connectivity index (χ4v) is 3.37. The minimum Gasteiger partial charge on any atom is -0.366 e. The lowest BCUT2D eigenvalue weighted by Gasteiger charge is -2.27. The Hall–Kier alpha value is -0.690. The van der Waals surface area contributed by atoms with Crippen molar-refractivity contribution in [3.63, 3.8) is 0 Å². The van der Waals surface area contributed by atoms with Gasteiger partial charge in [-0.1, -0.05) is 0 Å². The Morgan fingerprint density at radius 3 is 3.16 bits per heavy atom. The van der Waals surface area contributed by atoms with Crippen LogP contribution in [0, 0.1) is 11.3 Å². The van der Waals surface area contributed by atoms with Crippen molar-refractivity contribution in [3.05, 3.63) is 17.0 Å². The van der Waals surface area contributed by atoms with Crippen molar-refractivity contribution >= 4 is 22.6 Å². The maximum atomic E-state index is 9.02. The Balaban J connectivity index is 1.72. The molecule has 1 aromatic heterocycles. The van der Waals surface area contributed by atoms with Crippen LogP contribution in [0.1, 0.15) is 29.8 Å². The van der Waals surface area contributed by atoms with Crippen molar-refractivity contribution in [1.82, 2.24) is 15.1 Å². The Bertz CT molecular complexity index is 511. The lowest BCUT2D eigenvalue weighted by Crippen LogP contribution is -2.38. The number of ether oxygens (including phenoxy) is 1. The second kappa shape index (κ2) is 5.36. The SMILES string of the molecule is N#Cc1n[nH]c2c1CN([C@H]1CCO[C@H](I)[C@@H](N)C1)C2. The predicted octanol–water partition coefficient (Wildman–Crippen LogP) is 0.864. The predicted molar refractivity (Wildman–Crippen MR) is 77.3 cm³/mol. The molecular formula is C12H16IN5O. The third-order valence-corrected chi connectivity index (χ3v) is 5.19. The van der Waals surface area contributed by atoms with Gasteiger partial charge in [-0.15, -0.1) is 0 Å². The zero-order valence-corrected chi connectivity index (χ0v) is 12.6. The number of halogens is 1. The van der Waals surface area contributed by atoms with E-state index < -0.39 is 0 Å². The summed E-state index contributed by atoms with van der Waals surface area (Å²) in [4.78, 5) is 2.38. The smallest absolute Gasteiger partial charge is 0.167 e. The Kier molecular flexibility index (Phi) is 3.75. The van der Waals surface area contributed by atoms with Crippen LogP contribution in [-0.2, 0) is 17.8 Å². The summed E-state index contributed by atoms with van der Waals surface area (Å²) in [5.74, 6) is 0. The second-order valence-corrected chi connectivity index (χ2v) is 6.34. The normalized spacial score (nSPS) is 31.7. The molecule has 0 aliphatic carbocycles. The first-order valence-corrected chi connectivity index (χ1v) is 7.65. The van der Waals surface area contributed by atoms with E-state index in [-0.39, 0.29) is 10.2 Å². The van der Waals surface area contributed by atoms with Gasteiger partial charge < -0.3 is 10.5 Å². The molecule has 3 heterocycles. The van der Waals surface area contributed by atoms with Crippen LogP contribution >= 0.6 is 22.6 Å². The van der Waals surface area contributed by atoms with E-state index in [1.54, 1.807) is 0 Å². The molecule has 7 heteroatoms. The molecule has 1 aromatic rings. The van der Waals surface area contributed by atoms with E-state index in [2.05, 4.69) is 43.8 Å². The summed E-state index contributed by atoms with van der Waals surface area (Å²) >= 11 is 2.27. The van der Waals surface area contributed by atoms with Crippen LogP contribution in [0.25, 0.3) is 0 Å². The van der Waals surface area contributed by atoms with Gasteiger partial charge in [0, 0.05) is 37.3 Å². The van der Waals surface area contributed by atoms with Gasteiger partial charge in [0.25, 0.3) is 0 Å². The van der Waals surface area contributed by atoms with E-state index in [9.17, 15) is 0 Å². The number of H-pyrrole nitrogens is 1. The second-order valence-electron chi connectivity index (χ2n) is 5.11. The maximum Gasteiger partial charge on any atom is 0.167 e. The number of hydrogen-bond acceptors (Lipinski definition) is 5. The third-order valence-electron chi connectivity index (χ3n) is 3.91. The quantitative estimate of drug-likeness (QED) is 0.563. The van der Waals surface area contributed by atoms with Crippen molar-refractivity contribution in [2.24, 2.45) is 5.73 Å². The highest BCUT2D eigenvalue weighted by atomic mass is 127. The molecule has 1 saturated heterocycles. The molecule has 0 bridgehead atoms. The lowest BCUT2D eigenvalue weighted by molar-refractivity contribution is 0.113. The van der Waals surface area contributed by atoms with Gasteiger partial charge in [-0.25, -0.2) is 0 Å². The largest absolute Gasteiger partial charge is 0.366 e. The van der Waals surface area contributed by atoms with Gasteiger partial charge in [-0.3, -0.25) is 10.00 Å². The van der Waals surface area contributed by atoms with Crippen LogP contribution < -0.4 is 5.73 Å². The van der Waals surface area contributed by atoms with Crippen LogP contribution in [-0.4, -0.2) is 37.9 Å². The molecule has 3 rings (SSSR count). The number of nitrogens with two attached hydrogens (primary N) is 1. The van der Waals surface area contributed by atoms with Gasteiger partial charge >= 0.3 is 0 Å². The number of nitrogens with zero attached hydrogens (tertiary/aromatic N) is 3. The zero-order valence-electron chi connectivity index (χ0n) is 10.5. The molecule has 3 atom stereocenters. The van der Waals surface area contributed by atoms with Crippen molar-refractivity contribution in [3.8, 4) is 6.07 Å². The third kappa shape index (κ3) is 2.50. The molecule has 2 aliphatic rings. The number of alkyl halides is 1. The highest BCUT2D eigenvalue weighted by Gasteiger charge is 2.33. The van der Waals surface area contributed by atoms with Gasteiger partial charge in [0.15, 0.2) is 5.69 Å². The van der Waals surface area contributed by atoms with Gasteiger partial charge in [0.1, 0.15) is 10.2 Å². The molecule has 102 valence electrons. The fraction of sp³-hybridized carbons (Fsp3) is 0.667. The summed E-state index contributed by atoms with van der Waals surface area (Å²) in [6.45, 7) is 2.37. The molecule has 0 unspecified atom stereocenters. The number of nitriles is 1. The summed E-state index contributed by atoms with van der Waals surface area (Å²) in [6, 6.07) is 2.63. The maximum absolute atomic E-state index is 9.02. The molecule has 0 amide bonds.